The molecule has 0 aromatic heterocycles. The normalized spacial score (nSPS) is 47.7. The average Bonchev–Trinajstić information content (AvgIpc) is 2.35. The molecule has 2 heteroatoms. The molecule has 3 aliphatic carbocycles. The Morgan fingerprint density at radius 1 is 0.944 bits per heavy atom. The molecular weight excluding hydrogens is 224 g/mol. The van der Waals surface area contributed by atoms with Gasteiger partial charge in [-0.25, -0.2) is 0 Å². The molecule has 4 unspecified atom stereocenters. The minimum absolute atomic E-state index is 0. The highest BCUT2D eigenvalue weighted by Gasteiger charge is 2.56. The van der Waals surface area contributed by atoms with Gasteiger partial charge in [-0.05, 0) is 49.4 Å². The van der Waals surface area contributed by atoms with E-state index in [1.54, 1.807) is 0 Å². The van der Waals surface area contributed by atoms with Crippen molar-refractivity contribution in [2.24, 2.45) is 17.3 Å². The van der Waals surface area contributed by atoms with Gasteiger partial charge < -0.3 is 10.6 Å². The summed E-state index contributed by atoms with van der Waals surface area (Å²) in [5.74, 6) is 1.80. The highest BCUT2D eigenvalue weighted by molar-refractivity contribution is 5.07. The maximum absolute atomic E-state index is 11.2. The third-order valence-corrected chi connectivity index (χ3v) is 6.48. The van der Waals surface area contributed by atoms with E-state index in [1.165, 1.54) is 57.8 Å². The van der Waals surface area contributed by atoms with Crippen LogP contribution >= 0.6 is 0 Å². The van der Waals surface area contributed by atoms with Crippen molar-refractivity contribution in [3.05, 3.63) is 0 Å². The summed E-state index contributed by atoms with van der Waals surface area (Å²) in [6, 6.07) is 0. The van der Waals surface area contributed by atoms with Crippen LogP contribution in [0.1, 0.15) is 77.6 Å². The molecule has 2 nitrogen and oxygen atoms in total. The van der Waals surface area contributed by atoms with Gasteiger partial charge in [0.1, 0.15) is 0 Å². The standard InChI is InChI=1S/C16H28O.H2O/c1-2-15-9-5-6-10-16(15,17)12-14-8-4-3-7-13(14)11-15;/h13-14,17H,2-12H2,1H3;1H2. The molecule has 0 aliphatic heterocycles. The summed E-state index contributed by atoms with van der Waals surface area (Å²) in [5.41, 5.74) is 0.00225. The van der Waals surface area contributed by atoms with Gasteiger partial charge in [-0.1, -0.05) is 45.4 Å². The van der Waals surface area contributed by atoms with Gasteiger partial charge in [0.05, 0.1) is 5.60 Å². The summed E-state index contributed by atoms with van der Waals surface area (Å²) < 4.78 is 0. The maximum Gasteiger partial charge on any atom is 0.0706 e. The molecular formula is C16H30O2. The number of fused-ring (bicyclic) bond motifs is 2. The van der Waals surface area contributed by atoms with E-state index in [4.69, 9.17) is 0 Å². The molecule has 3 N–H and O–H groups in total. The van der Waals surface area contributed by atoms with E-state index >= 15 is 0 Å². The van der Waals surface area contributed by atoms with Crippen LogP contribution in [0, 0.1) is 17.3 Å². The quantitative estimate of drug-likeness (QED) is 0.765. The zero-order valence-electron chi connectivity index (χ0n) is 11.9. The smallest absolute Gasteiger partial charge is 0.0706 e. The molecule has 3 rings (SSSR count). The van der Waals surface area contributed by atoms with Crippen LogP contribution in [0.15, 0.2) is 0 Å². The summed E-state index contributed by atoms with van der Waals surface area (Å²) in [4.78, 5) is 0. The van der Waals surface area contributed by atoms with Crippen LogP contribution in [0.4, 0.5) is 0 Å². The van der Waals surface area contributed by atoms with Crippen LogP contribution in [0.5, 0.6) is 0 Å². The van der Waals surface area contributed by atoms with Gasteiger partial charge >= 0.3 is 0 Å². The van der Waals surface area contributed by atoms with Crippen LogP contribution < -0.4 is 0 Å². The van der Waals surface area contributed by atoms with Gasteiger partial charge in [0, 0.05) is 0 Å². The van der Waals surface area contributed by atoms with Gasteiger partial charge in [-0.15, -0.1) is 0 Å². The Labute approximate surface area is 111 Å². The molecule has 0 saturated heterocycles. The van der Waals surface area contributed by atoms with Gasteiger partial charge in [0.2, 0.25) is 0 Å². The number of hydrogen-bond donors (Lipinski definition) is 1. The third-order valence-electron chi connectivity index (χ3n) is 6.48. The second kappa shape index (κ2) is 5.13. The van der Waals surface area contributed by atoms with Crippen molar-refractivity contribution in [2.45, 2.75) is 83.2 Å². The van der Waals surface area contributed by atoms with Crippen LogP contribution in [0.25, 0.3) is 0 Å². The molecule has 4 atom stereocenters. The number of rotatable bonds is 1. The summed E-state index contributed by atoms with van der Waals surface area (Å²) in [7, 11) is 0. The molecule has 0 radical (unpaired) electrons. The lowest BCUT2D eigenvalue weighted by molar-refractivity contribution is -0.176. The minimum atomic E-state index is -0.293. The summed E-state index contributed by atoms with van der Waals surface area (Å²) in [6.07, 6.45) is 14.4. The van der Waals surface area contributed by atoms with E-state index in [0.29, 0.717) is 5.41 Å². The minimum Gasteiger partial charge on any atom is -0.412 e. The summed E-state index contributed by atoms with van der Waals surface area (Å²) in [5, 5.41) is 11.2. The first-order valence-corrected chi connectivity index (χ1v) is 7.91. The summed E-state index contributed by atoms with van der Waals surface area (Å²) >= 11 is 0. The SMILES string of the molecule is CCC12CCCCC1(O)CC1CCCCC1C2.O. The molecule has 106 valence electrons. The first kappa shape index (κ1) is 14.3. The zero-order chi connectivity index (χ0) is 11.9. The van der Waals surface area contributed by atoms with Crippen molar-refractivity contribution >= 4 is 0 Å². The Bertz CT molecular complexity index is 291. The lowest BCUT2D eigenvalue weighted by atomic mass is 9.49. The summed E-state index contributed by atoms with van der Waals surface area (Å²) in [6.45, 7) is 2.32. The predicted octanol–water partition coefficient (Wildman–Crippen LogP) is 3.46. The van der Waals surface area contributed by atoms with Crippen molar-refractivity contribution in [3.63, 3.8) is 0 Å². The molecule has 0 heterocycles. The monoisotopic (exact) mass is 254 g/mol. The van der Waals surface area contributed by atoms with Crippen LogP contribution in [-0.2, 0) is 0 Å². The van der Waals surface area contributed by atoms with Gasteiger partial charge in [-0.2, -0.15) is 0 Å². The third kappa shape index (κ3) is 2.02. The molecule has 3 aliphatic rings. The zero-order valence-corrected chi connectivity index (χ0v) is 11.9. The fourth-order valence-corrected chi connectivity index (χ4v) is 5.40. The van der Waals surface area contributed by atoms with E-state index in [1.807, 2.05) is 0 Å². The molecule has 0 aromatic rings. The van der Waals surface area contributed by atoms with E-state index in [0.717, 1.165) is 24.7 Å². The Morgan fingerprint density at radius 3 is 2.22 bits per heavy atom. The molecule has 3 fully saturated rings. The van der Waals surface area contributed by atoms with Gasteiger partial charge in [-0.3, -0.25) is 0 Å². The molecule has 0 amide bonds. The van der Waals surface area contributed by atoms with E-state index in [-0.39, 0.29) is 11.1 Å². The van der Waals surface area contributed by atoms with Gasteiger partial charge in [0.15, 0.2) is 0 Å². The highest BCUT2D eigenvalue weighted by atomic mass is 16.3. The molecule has 0 spiro atoms. The molecule has 0 aromatic carbocycles. The van der Waals surface area contributed by atoms with Crippen molar-refractivity contribution in [1.29, 1.82) is 0 Å². The Hall–Kier alpha value is -0.0800. The van der Waals surface area contributed by atoms with Crippen LogP contribution in [0.3, 0.4) is 0 Å². The molecule has 3 saturated carbocycles. The number of hydrogen-bond acceptors (Lipinski definition) is 1. The van der Waals surface area contributed by atoms with E-state index in [9.17, 15) is 5.11 Å². The van der Waals surface area contributed by atoms with Crippen molar-refractivity contribution in [3.8, 4) is 0 Å². The van der Waals surface area contributed by atoms with Crippen molar-refractivity contribution in [1.82, 2.24) is 0 Å². The molecule has 0 bridgehead atoms. The van der Waals surface area contributed by atoms with Crippen LogP contribution in [-0.4, -0.2) is 16.2 Å². The van der Waals surface area contributed by atoms with Gasteiger partial charge in [0.25, 0.3) is 0 Å². The first-order valence-electron chi connectivity index (χ1n) is 7.91. The van der Waals surface area contributed by atoms with E-state index < -0.39 is 0 Å². The Balaban J connectivity index is 0.00000120. The van der Waals surface area contributed by atoms with Crippen LogP contribution in [0.2, 0.25) is 0 Å². The predicted molar refractivity (Wildman–Crippen MR) is 74.4 cm³/mol. The Kier molecular flexibility index (Phi) is 4.08. The second-order valence-corrected chi connectivity index (χ2v) is 7.09. The highest BCUT2D eigenvalue weighted by Crippen LogP contribution is 2.60. The Morgan fingerprint density at radius 2 is 1.56 bits per heavy atom. The van der Waals surface area contributed by atoms with Crippen molar-refractivity contribution < 1.29 is 10.6 Å². The number of aliphatic hydroxyl groups is 1. The topological polar surface area (TPSA) is 51.7 Å². The fourth-order valence-electron chi connectivity index (χ4n) is 5.40. The second-order valence-electron chi connectivity index (χ2n) is 7.09. The maximum atomic E-state index is 11.2. The lowest BCUT2D eigenvalue weighted by Crippen LogP contribution is -2.57. The lowest BCUT2D eigenvalue weighted by Gasteiger charge is -2.59. The van der Waals surface area contributed by atoms with E-state index in [2.05, 4.69) is 6.92 Å². The first-order chi connectivity index (χ1) is 8.19. The largest absolute Gasteiger partial charge is 0.412 e. The average molecular weight is 254 g/mol. The van der Waals surface area contributed by atoms with Crippen molar-refractivity contribution in [2.75, 3.05) is 0 Å². The molecule has 18 heavy (non-hydrogen) atoms. The fraction of sp³-hybridized carbons (Fsp3) is 1.00.